The molecule has 0 spiro atoms. The van der Waals surface area contributed by atoms with Crippen LogP contribution in [0.2, 0.25) is 0 Å². The fourth-order valence-electron chi connectivity index (χ4n) is 1.75. The Hall–Kier alpha value is -0.570. The summed E-state index contributed by atoms with van der Waals surface area (Å²) in [6, 6.07) is 0.224. The highest BCUT2D eigenvalue weighted by atomic mass is 16.1. The molecule has 1 aliphatic carbocycles. The lowest BCUT2D eigenvalue weighted by Crippen LogP contribution is -2.43. The Bertz CT molecular complexity index is 176. The van der Waals surface area contributed by atoms with Gasteiger partial charge in [-0.1, -0.05) is 6.42 Å². The van der Waals surface area contributed by atoms with Gasteiger partial charge in [0.25, 0.3) is 0 Å². The molecule has 0 aliphatic heterocycles. The Morgan fingerprint density at radius 1 is 1.54 bits per heavy atom. The number of rotatable bonds is 4. The van der Waals surface area contributed by atoms with E-state index in [1.165, 1.54) is 19.3 Å². The van der Waals surface area contributed by atoms with E-state index in [2.05, 4.69) is 5.32 Å². The van der Waals surface area contributed by atoms with E-state index < -0.39 is 0 Å². The maximum atomic E-state index is 11.6. The molecule has 1 rings (SSSR count). The van der Waals surface area contributed by atoms with Gasteiger partial charge in [-0.05, 0) is 32.6 Å². The molecule has 1 unspecified atom stereocenters. The molecule has 3 N–H and O–H groups in total. The zero-order valence-corrected chi connectivity index (χ0v) is 8.55. The third-order valence-corrected chi connectivity index (χ3v) is 2.74. The second-order valence-corrected chi connectivity index (χ2v) is 4.20. The van der Waals surface area contributed by atoms with Gasteiger partial charge in [-0.2, -0.15) is 0 Å². The summed E-state index contributed by atoms with van der Waals surface area (Å²) >= 11 is 0. The Morgan fingerprint density at radius 2 is 2.15 bits per heavy atom. The number of hydrogen-bond donors (Lipinski definition) is 2. The zero-order valence-electron chi connectivity index (χ0n) is 8.55. The van der Waals surface area contributed by atoms with Crippen molar-refractivity contribution in [3.63, 3.8) is 0 Å². The number of nitrogens with one attached hydrogen (secondary N) is 1. The van der Waals surface area contributed by atoms with Crippen LogP contribution in [0, 0.1) is 11.8 Å². The summed E-state index contributed by atoms with van der Waals surface area (Å²) in [5.74, 6) is 0.738. The molecule has 1 atom stereocenters. The van der Waals surface area contributed by atoms with E-state index in [0.29, 0.717) is 12.5 Å². The van der Waals surface area contributed by atoms with Gasteiger partial charge >= 0.3 is 0 Å². The van der Waals surface area contributed by atoms with E-state index in [0.717, 1.165) is 0 Å². The predicted molar refractivity (Wildman–Crippen MR) is 53.2 cm³/mol. The molecule has 13 heavy (non-hydrogen) atoms. The Balaban J connectivity index is 2.40. The lowest BCUT2D eigenvalue weighted by Gasteiger charge is -2.32. The molecule has 0 aromatic rings. The summed E-state index contributed by atoms with van der Waals surface area (Å²) < 4.78 is 0. The summed E-state index contributed by atoms with van der Waals surface area (Å²) in [5, 5.41) is 2.92. The quantitative estimate of drug-likeness (QED) is 0.681. The van der Waals surface area contributed by atoms with Crippen LogP contribution in [0.25, 0.3) is 0 Å². The Kier molecular flexibility index (Phi) is 3.72. The maximum absolute atomic E-state index is 11.6. The van der Waals surface area contributed by atoms with Gasteiger partial charge in [0.1, 0.15) is 0 Å². The van der Waals surface area contributed by atoms with Crippen LogP contribution in [0.4, 0.5) is 0 Å². The van der Waals surface area contributed by atoms with Crippen molar-refractivity contribution < 1.29 is 4.79 Å². The lowest BCUT2D eigenvalue weighted by molar-refractivity contribution is -0.127. The highest BCUT2D eigenvalue weighted by molar-refractivity contribution is 5.79. The Morgan fingerprint density at radius 3 is 2.46 bits per heavy atom. The summed E-state index contributed by atoms with van der Waals surface area (Å²) in [6.45, 7) is 4.45. The summed E-state index contributed by atoms with van der Waals surface area (Å²) in [6.07, 6.45) is 3.61. The average molecular weight is 184 g/mol. The van der Waals surface area contributed by atoms with E-state index in [1.54, 1.807) is 0 Å². The molecule has 0 saturated heterocycles. The molecule has 76 valence electrons. The molecule has 3 nitrogen and oxygen atoms in total. The van der Waals surface area contributed by atoms with Crippen LogP contribution in [0.5, 0.6) is 0 Å². The second kappa shape index (κ2) is 4.61. The van der Waals surface area contributed by atoms with Crippen molar-refractivity contribution >= 4 is 5.91 Å². The third-order valence-electron chi connectivity index (χ3n) is 2.74. The van der Waals surface area contributed by atoms with Crippen molar-refractivity contribution in [2.45, 2.75) is 39.2 Å². The normalized spacial score (nSPS) is 19.7. The fraction of sp³-hybridized carbons (Fsp3) is 0.900. The highest BCUT2D eigenvalue weighted by Crippen LogP contribution is 2.33. The molecule has 1 fully saturated rings. The molecule has 1 amide bonds. The highest BCUT2D eigenvalue weighted by Gasteiger charge is 2.31. The first kappa shape index (κ1) is 10.5. The van der Waals surface area contributed by atoms with Gasteiger partial charge in [-0.25, -0.2) is 0 Å². The van der Waals surface area contributed by atoms with Crippen molar-refractivity contribution in [1.82, 2.24) is 5.32 Å². The smallest absolute Gasteiger partial charge is 0.224 e. The SMILES string of the molecule is CC(C)NC(=O)C(CN)C1CCC1. The van der Waals surface area contributed by atoms with Crippen molar-refractivity contribution in [1.29, 1.82) is 0 Å². The monoisotopic (exact) mass is 184 g/mol. The average Bonchev–Trinajstić information content (AvgIpc) is 1.94. The van der Waals surface area contributed by atoms with Crippen molar-refractivity contribution in [3.8, 4) is 0 Å². The number of hydrogen-bond acceptors (Lipinski definition) is 2. The number of amides is 1. The zero-order chi connectivity index (χ0) is 9.84. The van der Waals surface area contributed by atoms with Crippen LogP contribution < -0.4 is 11.1 Å². The summed E-state index contributed by atoms with van der Waals surface area (Å²) in [4.78, 5) is 11.6. The Labute approximate surface area is 80.1 Å². The standard InChI is InChI=1S/C10H20N2O/c1-7(2)12-10(13)9(6-11)8-4-3-5-8/h7-9H,3-6,11H2,1-2H3,(H,12,13). The maximum Gasteiger partial charge on any atom is 0.224 e. The van der Waals surface area contributed by atoms with Gasteiger partial charge in [0, 0.05) is 12.6 Å². The van der Waals surface area contributed by atoms with E-state index in [-0.39, 0.29) is 17.9 Å². The van der Waals surface area contributed by atoms with E-state index >= 15 is 0 Å². The summed E-state index contributed by atoms with van der Waals surface area (Å²) in [7, 11) is 0. The minimum atomic E-state index is 0.0520. The van der Waals surface area contributed by atoms with E-state index in [9.17, 15) is 4.79 Å². The van der Waals surface area contributed by atoms with Gasteiger partial charge < -0.3 is 11.1 Å². The van der Waals surface area contributed by atoms with Crippen LogP contribution >= 0.6 is 0 Å². The van der Waals surface area contributed by atoms with Gasteiger partial charge in [0.05, 0.1) is 5.92 Å². The molecule has 0 bridgehead atoms. The lowest BCUT2D eigenvalue weighted by atomic mass is 9.75. The molecule has 0 heterocycles. The van der Waals surface area contributed by atoms with Crippen molar-refractivity contribution in [2.24, 2.45) is 17.6 Å². The number of carbonyl (C=O) groups is 1. The van der Waals surface area contributed by atoms with E-state index in [4.69, 9.17) is 5.73 Å². The molecule has 0 radical (unpaired) electrons. The molecular weight excluding hydrogens is 164 g/mol. The first-order chi connectivity index (χ1) is 6.15. The van der Waals surface area contributed by atoms with Crippen LogP contribution in [0.1, 0.15) is 33.1 Å². The molecule has 1 saturated carbocycles. The van der Waals surface area contributed by atoms with Crippen LogP contribution in [0.3, 0.4) is 0 Å². The largest absolute Gasteiger partial charge is 0.354 e. The van der Waals surface area contributed by atoms with Crippen molar-refractivity contribution in [2.75, 3.05) is 6.54 Å². The van der Waals surface area contributed by atoms with E-state index in [1.807, 2.05) is 13.8 Å². The minimum Gasteiger partial charge on any atom is -0.354 e. The summed E-state index contributed by atoms with van der Waals surface area (Å²) in [5.41, 5.74) is 5.60. The third kappa shape index (κ3) is 2.69. The molecule has 0 aromatic carbocycles. The van der Waals surface area contributed by atoms with Crippen LogP contribution in [0.15, 0.2) is 0 Å². The first-order valence-electron chi connectivity index (χ1n) is 5.15. The molecule has 0 aromatic heterocycles. The second-order valence-electron chi connectivity index (χ2n) is 4.20. The van der Waals surface area contributed by atoms with Gasteiger partial charge in [0.2, 0.25) is 5.91 Å². The molecule has 1 aliphatic rings. The van der Waals surface area contributed by atoms with Gasteiger partial charge in [-0.3, -0.25) is 4.79 Å². The topological polar surface area (TPSA) is 55.1 Å². The van der Waals surface area contributed by atoms with Crippen LogP contribution in [-0.2, 0) is 4.79 Å². The molecular formula is C10H20N2O. The fourth-order valence-corrected chi connectivity index (χ4v) is 1.75. The number of carbonyl (C=O) groups excluding carboxylic acids is 1. The van der Waals surface area contributed by atoms with Gasteiger partial charge in [-0.15, -0.1) is 0 Å². The minimum absolute atomic E-state index is 0.0520. The van der Waals surface area contributed by atoms with Crippen LogP contribution in [-0.4, -0.2) is 18.5 Å². The van der Waals surface area contributed by atoms with Crippen molar-refractivity contribution in [3.05, 3.63) is 0 Å². The molecule has 3 heteroatoms. The van der Waals surface area contributed by atoms with Gasteiger partial charge in [0.15, 0.2) is 0 Å². The number of nitrogens with two attached hydrogens (primary N) is 1. The predicted octanol–water partition coefficient (Wildman–Crippen LogP) is 0.886. The first-order valence-corrected chi connectivity index (χ1v) is 5.15.